The fourth-order valence-electron chi connectivity index (χ4n) is 3.12. The van der Waals surface area contributed by atoms with Gasteiger partial charge in [-0.2, -0.15) is 0 Å². The van der Waals surface area contributed by atoms with Crippen LogP contribution < -0.4 is 4.72 Å². The Hall–Kier alpha value is -2.10. The molecule has 0 atom stereocenters. The van der Waals surface area contributed by atoms with Crippen molar-refractivity contribution in [3.8, 4) is 0 Å². The summed E-state index contributed by atoms with van der Waals surface area (Å²) in [6, 6.07) is 9.29. The minimum Gasteiger partial charge on any atom is -0.339 e. The van der Waals surface area contributed by atoms with Crippen molar-refractivity contribution < 1.29 is 21.6 Å². The van der Waals surface area contributed by atoms with Crippen molar-refractivity contribution in [1.82, 2.24) is 4.90 Å². The zero-order chi connectivity index (χ0) is 21.2. The van der Waals surface area contributed by atoms with E-state index in [1.807, 2.05) is 0 Å². The molecule has 7 nitrogen and oxygen atoms in total. The molecule has 0 bridgehead atoms. The lowest BCUT2D eigenvalue weighted by atomic mass is 10.1. The van der Waals surface area contributed by atoms with E-state index in [0.29, 0.717) is 13.1 Å². The summed E-state index contributed by atoms with van der Waals surface area (Å²) in [5, 5.41) is 0.283. The summed E-state index contributed by atoms with van der Waals surface area (Å²) >= 11 is 6.03. The number of sulfonamides is 1. The molecule has 3 rings (SSSR count). The molecule has 0 spiro atoms. The molecule has 1 saturated heterocycles. The Kier molecular flexibility index (Phi) is 6.21. The first-order valence-corrected chi connectivity index (χ1v) is 12.7. The fourth-order valence-corrected chi connectivity index (χ4v) is 5.00. The van der Waals surface area contributed by atoms with Gasteiger partial charge in [0, 0.05) is 24.4 Å². The molecule has 1 N–H and O–H groups in total. The summed E-state index contributed by atoms with van der Waals surface area (Å²) in [4.78, 5) is 14.5. The standard InChI is InChI=1S/C19H21ClN2O5S2/c1-28(24,25)15-6-8-16(9-7-15)29(26,27)21-18-13-14(20)5-10-17(18)19(23)22-11-3-2-4-12-22/h5-10,13,21H,2-4,11-12H2,1H3. The molecule has 29 heavy (non-hydrogen) atoms. The molecule has 156 valence electrons. The number of hydrogen-bond donors (Lipinski definition) is 1. The quantitative estimate of drug-likeness (QED) is 0.744. The van der Waals surface area contributed by atoms with Gasteiger partial charge in [-0.15, -0.1) is 0 Å². The number of piperidine rings is 1. The number of anilines is 1. The molecular formula is C19H21ClN2O5S2. The largest absolute Gasteiger partial charge is 0.339 e. The van der Waals surface area contributed by atoms with Crippen molar-refractivity contribution >= 4 is 43.1 Å². The highest BCUT2D eigenvalue weighted by Gasteiger charge is 2.24. The lowest BCUT2D eigenvalue weighted by molar-refractivity contribution is 0.0725. The average Bonchev–Trinajstić information content (AvgIpc) is 2.67. The molecule has 1 aliphatic heterocycles. The normalized spacial score (nSPS) is 15.2. The molecule has 0 unspecified atom stereocenters. The fraction of sp³-hybridized carbons (Fsp3) is 0.316. The number of carbonyl (C=O) groups excluding carboxylic acids is 1. The third-order valence-electron chi connectivity index (χ3n) is 4.66. The summed E-state index contributed by atoms with van der Waals surface area (Å²) in [6.07, 6.45) is 3.92. The van der Waals surface area contributed by atoms with Gasteiger partial charge in [0.1, 0.15) is 0 Å². The van der Waals surface area contributed by atoms with E-state index in [-0.39, 0.29) is 32.0 Å². The van der Waals surface area contributed by atoms with Gasteiger partial charge in [-0.05, 0) is 61.7 Å². The predicted molar refractivity (Wildman–Crippen MR) is 112 cm³/mol. The van der Waals surface area contributed by atoms with Gasteiger partial charge in [-0.25, -0.2) is 16.8 Å². The molecule has 0 aliphatic carbocycles. The van der Waals surface area contributed by atoms with Gasteiger partial charge in [0.25, 0.3) is 15.9 Å². The van der Waals surface area contributed by atoms with Crippen LogP contribution in [0.2, 0.25) is 5.02 Å². The monoisotopic (exact) mass is 456 g/mol. The van der Waals surface area contributed by atoms with E-state index in [1.165, 1.54) is 42.5 Å². The zero-order valence-electron chi connectivity index (χ0n) is 15.8. The van der Waals surface area contributed by atoms with Crippen molar-refractivity contribution in [3.05, 3.63) is 53.1 Å². The number of amides is 1. The van der Waals surface area contributed by atoms with Crippen LogP contribution in [0.4, 0.5) is 5.69 Å². The van der Waals surface area contributed by atoms with Gasteiger partial charge in [0.15, 0.2) is 9.84 Å². The van der Waals surface area contributed by atoms with Crippen LogP contribution in [0.15, 0.2) is 52.3 Å². The number of hydrogen-bond acceptors (Lipinski definition) is 5. The smallest absolute Gasteiger partial charge is 0.261 e. The van der Waals surface area contributed by atoms with Crippen molar-refractivity contribution in [2.45, 2.75) is 29.1 Å². The first-order chi connectivity index (χ1) is 13.6. The zero-order valence-corrected chi connectivity index (χ0v) is 18.1. The van der Waals surface area contributed by atoms with E-state index in [4.69, 9.17) is 11.6 Å². The van der Waals surface area contributed by atoms with Crippen molar-refractivity contribution in [3.63, 3.8) is 0 Å². The number of rotatable bonds is 5. The number of nitrogens with zero attached hydrogens (tertiary/aromatic N) is 1. The van der Waals surface area contributed by atoms with E-state index in [2.05, 4.69) is 4.72 Å². The molecule has 2 aromatic carbocycles. The summed E-state index contributed by atoms with van der Waals surface area (Å²) < 4.78 is 51.1. The summed E-state index contributed by atoms with van der Waals surface area (Å²) in [5.74, 6) is -0.258. The number of nitrogens with one attached hydrogen (secondary N) is 1. The number of benzene rings is 2. The first-order valence-electron chi connectivity index (χ1n) is 9.00. The Morgan fingerprint density at radius 3 is 2.10 bits per heavy atom. The maximum Gasteiger partial charge on any atom is 0.261 e. The van der Waals surface area contributed by atoms with Crippen LogP contribution in [0.25, 0.3) is 0 Å². The van der Waals surface area contributed by atoms with Crippen LogP contribution in [0, 0.1) is 0 Å². The first kappa shape index (κ1) is 21.6. The molecule has 10 heteroatoms. The molecule has 1 aliphatic rings. The van der Waals surface area contributed by atoms with Gasteiger partial charge in [-0.1, -0.05) is 11.6 Å². The lowest BCUT2D eigenvalue weighted by Gasteiger charge is -2.27. The second-order valence-corrected chi connectivity index (χ2v) is 11.0. The van der Waals surface area contributed by atoms with Gasteiger partial charge >= 0.3 is 0 Å². The topological polar surface area (TPSA) is 101 Å². The highest BCUT2D eigenvalue weighted by atomic mass is 35.5. The molecular weight excluding hydrogens is 436 g/mol. The maximum atomic E-state index is 12.9. The lowest BCUT2D eigenvalue weighted by Crippen LogP contribution is -2.36. The van der Waals surface area contributed by atoms with E-state index >= 15 is 0 Å². The van der Waals surface area contributed by atoms with Crippen LogP contribution in [0.5, 0.6) is 0 Å². The number of carbonyl (C=O) groups is 1. The van der Waals surface area contributed by atoms with Gasteiger partial charge < -0.3 is 4.90 Å². The van der Waals surface area contributed by atoms with Gasteiger partial charge in [0.2, 0.25) is 0 Å². The van der Waals surface area contributed by atoms with Gasteiger partial charge in [0.05, 0.1) is 21.0 Å². The predicted octanol–water partition coefficient (Wildman–Crippen LogP) is 3.17. The Morgan fingerprint density at radius 1 is 0.931 bits per heavy atom. The third kappa shape index (κ3) is 5.09. The SMILES string of the molecule is CS(=O)(=O)c1ccc(S(=O)(=O)Nc2cc(Cl)ccc2C(=O)N2CCCCC2)cc1. The van der Waals surface area contributed by atoms with Gasteiger partial charge in [-0.3, -0.25) is 9.52 Å². The maximum absolute atomic E-state index is 12.9. The van der Waals surface area contributed by atoms with E-state index in [0.717, 1.165) is 25.5 Å². The van der Waals surface area contributed by atoms with Crippen LogP contribution in [0.3, 0.4) is 0 Å². The molecule has 0 aromatic heterocycles. The summed E-state index contributed by atoms with van der Waals surface area (Å²) in [6.45, 7) is 1.25. The minimum atomic E-state index is -4.05. The van der Waals surface area contributed by atoms with Crippen LogP contribution in [0.1, 0.15) is 29.6 Å². The van der Waals surface area contributed by atoms with E-state index in [1.54, 1.807) is 4.90 Å². The second-order valence-electron chi connectivity index (χ2n) is 6.89. The summed E-state index contributed by atoms with van der Waals surface area (Å²) in [5.41, 5.74) is 0.299. The van der Waals surface area contributed by atoms with E-state index in [9.17, 15) is 21.6 Å². The van der Waals surface area contributed by atoms with Crippen LogP contribution in [-0.2, 0) is 19.9 Å². The molecule has 1 fully saturated rings. The number of sulfone groups is 1. The molecule has 1 amide bonds. The van der Waals surface area contributed by atoms with Crippen molar-refractivity contribution in [2.75, 3.05) is 24.1 Å². The Balaban J connectivity index is 1.92. The molecule has 0 radical (unpaired) electrons. The second kappa shape index (κ2) is 8.33. The molecule has 0 saturated carbocycles. The van der Waals surface area contributed by atoms with Crippen molar-refractivity contribution in [2.24, 2.45) is 0 Å². The van der Waals surface area contributed by atoms with E-state index < -0.39 is 19.9 Å². The Bertz CT molecular complexity index is 1120. The summed E-state index contributed by atoms with van der Waals surface area (Å²) in [7, 11) is -7.50. The van der Waals surface area contributed by atoms with Crippen LogP contribution >= 0.6 is 11.6 Å². The average molecular weight is 457 g/mol. The molecule has 1 heterocycles. The highest BCUT2D eigenvalue weighted by Crippen LogP contribution is 2.27. The minimum absolute atomic E-state index is 0.0140. The Labute approximate surface area is 175 Å². The van der Waals surface area contributed by atoms with Crippen molar-refractivity contribution in [1.29, 1.82) is 0 Å². The Morgan fingerprint density at radius 2 is 1.52 bits per heavy atom. The third-order valence-corrected chi connectivity index (χ3v) is 7.41. The van der Waals surface area contributed by atoms with Crippen LogP contribution in [-0.4, -0.2) is 47.0 Å². The number of likely N-dealkylation sites (tertiary alicyclic amines) is 1. The number of halogens is 1. The molecule has 2 aromatic rings. The highest BCUT2D eigenvalue weighted by molar-refractivity contribution is 7.92.